The van der Waals surface area contributed by atoms with E-state index in [0.717, 1.165) is 11.3 Å². The van der Waals surface area contributed by atoms with E-state index in [2.05, 4.69) is 18.3 Å². The van der Waals surface area contributed by atoms with Crippen molar-refractivity contribution >= 4 is 17.0 Å². The van der Waals surface area contributed by atoms with Gasteiger partial charge in [-0.1, -0.05) is 6.92 Å². The second kappa shape index (κ2) is 6.72. The Morgan fingerprint density at radius 2 is 2.15 bits per heavy atom. The quantitative estimate of drug-likeness (QED) is 0.856. The highest BCUT2D eigenvalue weighted by Gasteiger charge is 2.14. The van der Waals surface area contributed by atoms with Crippen molar-refractivity contribution in [1.82, 2.24) is 0 Å². The summed E-state index contributed by atoms with van der Waals surface area (Å²) in [7, 11) is 1.56. The Balaban J connectivity index is 2.21. The van der Waals surface area contributed by atoms with Gasteiger partial charge in [-0.25, -0.2) is 4.39 Å². The molecule has 0 spiro atoms. The van der Waals surface area contributed by atoms with E-state index in [9.17, 15) is 4.39 Å². The molecule has 0 amide bonds. The molecule has 108 valence electrons. The van der Waals surface area contributed by atoms with Crippen LogP contribution in [0.1, 0.15) is 22.7 Å². The number of benzene rings is 1. The summed E-state index contributed by atoms with van der Waals surface area (Å²) in [6.45, 7) is 2.52. The Morgan fingerprint density at radius 1 is 1.35 bits per heavy atom. The Kier molecular flexibility index (Phi) is 4.98. The molecular weight excluding hydrogens is 275 g/mol. The second-order valence-electron chi connectivity index (χ2n) is 4.44. The summed E-state index contributed by atoms with van der Waals surface area (Å²) >= 11 is 1.70. The van der Waals surface area contributed by atoms with Crippen LogP contribution in [0.5, 0.6) is 5.75 Å². The fourth-order valence-electron chi connectivity index (χ4n) is 1.95. The molecule has 0 aliphatic rings. The number of hydrogen-bond acceptors (Lipinski definition) is 4. The predicted molar refractivity (Wildman–Crippen MR) is 82.1 cm³/mol. The summed E-state index contributed by atoms with van der Waals surface area (Å²) in [5, 5.41) is 3.16. The Morgan fingerprint density at radius 3 is 2.75 bits per heavy atom. The molecule has 5 heteroatoms. The maximum Gasteiger partial charge on any atom is 0.146 e. The first-order valence-electron chi connectivity index (χ1n) is 6.56. The minimum absolute atomic E-state index is 0.0955. The second-order valence-corrected chi connectivity index (χ2v) is 5.64. The summed E-state index contributed by atoms with van der Waals surface area (Å²) in [6.07, 6.45) is 0.996. The van der Waals surface area contributed by atoms with Crippen molar-refractivity contribution in [1.29, 1.82) is 0 Å². The first-order valence-corrected chi connectivity index (χ1v) is 7.38. The SMILES string of the molecule is CCc1ccc(C(CN)Nc2cc(OC)ccc2F)s1. The van der Waals surface area contributed by atoms with Gasteiger partial charge in [0.2, 0.25) is 0 Å². The third-order valence-corrected chi connectivity index (χ3v) is 4.46. The van der Waals surface area contributed by atoms with Gasteiger partial charge in [-0.2, -0.15) is 0 Å². The normalized spacial score (nSPS) is 12.2. The van der Waals surface area contributed by atoms with Crippen LogP contribution in [0.15, 0.2) is 30.3 Å². The van der Waals surface area contributed by atoms with Crippen LogP contribution >= 0.6 is 11.3 Å². The summed E-state index contributed by atoms with van der Waals surface area (Å²) in [5.41, 5.74) is 6.22. The smallest absolute Gasteiger partial charge is 0.146 e. The average molecular weight is 294 g/mol. The molecule has 2 aromatic rings. The molecule has 0 saturated heterocycles. The Hall–Kier alpha value is -1.59. The number of halogens is 1. The minimum Gasteiger partial charge on any atom is -0.497 e. The van der Waals surface area contributed by atoms with Crippen LogP contribution in [0.4, 0.5) is 10.1 Å². The topological polar surface area (TPSA) is 47.3 Å². The molecule has 20 heavy (non-hydrogen) atoms. The van der Waals surface area contributed by atoms with Gasteiger partial charge in [-0.3, -0.25) is 0 Å². The van der Waals surface area contributed by atoms with E-state index in [0.29, 0.717) is 18.0 Å². The van der Waals surface area contributed by atoms with Gasteiger partial charge in [-0.15, -0.1) is 11.3 Å². The molecule has 0 aliphatic heterocycles. The lowest BCUT2D eigenvalue weighted by atomic mass is 10.2. The van der Waals surface area contributed by atoms with Crippen LogP contribution in [-0.4, -0.2) is 13.7 Å². The van der Waals surface area contributed by atoms with Crippen LogP contribution < -0.4 is 15.8 Å². The molecule has 0 saturated carbocycles. The predicted octanol–water partition coefficient (Wildman–Crippen LogP) is 3.57. The summed E-state index contributed by atoms with van der Waals surface area (Å²) < 4.78 is 19.0. The molecule has 0 radical (unpaired) electrons. The van der Waals surface area contributed by atoms with E-state index in [1.54, 1.807) is 30.6 Å². The van der Waals surface area contributed by atoms with Gasteiger partial charge in [0.25, 0.3) is 0 Å². The average Bonchev–Trinajstić information content (AvgIpc) is 2.95. The highest BCUT2D eigenvalue weighted by atomic mass is 32.1. The number of rotatable bonds is 6. The number of hydrogen-bond donors (Lipinski definition) is 2. The summed E-state index contributed by atoms with van der Waals surface area (Å²) in [5.74, 6) is 0.307. The van der Waals surface area contributed by atoms with Gasteiger partial charge >= 0.3 is 0 Å². The lowest BCUT2D eigenvalue weighted by Gasteiger charge is -2.18. The number of methoxy groups -OCH3 is 1. The molecule has 0 fully saturated rings. The number of thiophene rings is 1. The zero-order valence-corrected chi connectivity index (χ0v) is 12.5. The number of nitrogens with two attached hydrogens (primary N) is 1. The first-order chi connectivity index (χ1) is 9.67. The molecule has 1 atom stereocenters. The van der Waals surface area contributed by atoms with Crippen LogP contribution in [0.2, 0.25) is 0 Å². The van der Waals surface area contributed by atoms with Gasteiger partial charge in [0.05, 0.1) is 18.8 Å². The molecule has 1 aromatic heterocycles. The third kappa shape index (κ3) is 3.29. The van der Waals surface area contributed by atoms with Crippen molar-refractivity contribution < 1.29 is 9.13 Å². The Labute approximate surface area is 122 Å². The molecule has 3 N–H and O–H groups in total. The van der Waals surface area contributed by atoms with Crippen molar-refractivity contribution in [3.05, 3.63) is 45.9 Å². The van der Waals surface area contributed by atoms with Crippen LogP contribution in [0.3, 0.4) is 0 Å². The van der Waals surface area contributed by atoms with Crippen LogP contribution in [0, 0.1) is 5.82 Å². The molecule has 1 heterocycles. The van der Waals surface area contributed by atoms with E-state index in [-0.39, 0.29) is 11.9 Å². The highest BCUT2D eigenvalue weighted by Crippen LogP contribution is 2.29. The fraction of sp³-hybridized carbons (Fsp3) is 0.333. The number of anilines is 1. The molecule has 1 aromatic carbocycles. The maximum atomic E-state index is 13.8. The van der Waals surface area contributed by atoms with Crippen molar-refractivity contribution in [2.75, 3.05) is 19.0 Å². The van der Waals surface area contributed by atoms with Crippen LogP contribution in [0.25, 0.3) is 0 Å². The Bertz CT molecular complexity index is 571. The first kappa shape index (κ1) is 14.8. The molecule has 1 unspecified atom stereocenters. The molecule has 0 aliphatic carbocycles. The van der Waals surface area contributed by atoms with Gasteiger partial charge in [0.1, 0.15) is 11.6 Å². The van der Waals surface area contributed by atoms with Crippen molar-refractivity contribution in [2.45, 2.75) is 19.4 Å². The lowest BCUT2D eigenvalue weighted by Crippen LogP contribution is -2.20. The molecule has 0 bridgehead atoms. The third-order valence-electron chi connectivity index (χ3n) is 3.11. The lowest BCUT2D eigenvalue weighted by molar-refractivity contribution is 0.414. The van der Waals surface area contributed by atoms with Crippen LogP contribution in [-0.2, 0) is 6.42 Å². The number of ether oxygens (including phenoxy) is 1. The standard InChI is InChI=1S/C15H19FN2OS/c1-3-11-5-7-15(20-11)14(9-17)18-13-8-10(19-2)4-6-12(13)16/h4-8,14,18H,3,9,17H2,1-2H3. The van der Waals surface area contributed by atoms with E-state index in [4.69, 9.17) is 10.5 Å². The van der Waals surface area contributed by atoms with E-state index in [1.807, 2.05) is 6.07 Å². The van der Waals surface area contributed by atoms with Crippen molar-refractivity contribution in [3.63, 3.8) is 0 Å². The maximum absolute atomic E-state index is 13.8. The minimum atomic E-state index is -0.309. The van der Waals surface area contributed by atoms with E-state index >= 15 is 0 Å². The molecule has 2 rings (SSSR count). The monoisotopic (exact) mass is 294 g/mol. The largest absolute Gasteiger partial charge is 0.497 e. The summed E-state index contributed by atoms with van der Waals surface area (Å²) in [6, 6.07) is 8.67. The zero-order valence-electron chi connectivity index (χ0n) is 11.7. The molecular formula is C15H19FN2OS. The molecule has 3 nitrogen and oxygen atoms in total. The van der Waals surface area contributed by atoms with Gasteiger partial charge in [0.15, 0.2) is 0 Å². The summed E-state index contributed by atoms with van der Waals surface area (Å²) in [4.78, 5) is 2.41. The number of aryl methyl sites for hydroxylation is 1. The van der Waals surface area contributed by atoms with Gasteiger partial charge in [0, 0.05) is 22.4 Å². The number of nitrogens with one attached hydrogen (secondary N) is 1. The zero-order chi connectivity index (χ0) is 14.5. The fourth-order valence-corrected chi connectivity index (χ4v) is 2.96. The highest BCUT2D eigenvalue weighted by molar-refractivity contribution is 7.12. The van der Waals surface area contributed by atoms with E-state index in [1.165, 1.54) is 10.9 Å². The van der Waals surface area contributed by atoms with E-state index < -0.39 is 0 Å². The van der Waals surface area contributed by atoms with Crippen molar-refractivity contribution in [3.8, 4) is 5.75 Å². The van der Waals surface area contributed by atoms with Gasteiger partial charge in [-0.05, 0) is 30.7 Å². The van der Waals surface area contributed by atoms with Crippen molar-refractivity contribution in [2.24, 2.45) is 5.73 Å². The van der Waals surface area contributed by atoms with Gasteiger partial charge < -0.3 is 15.8 Å².